The zero-order valence-electron chi connectivity index (χ0n) is 12.0. The quantitative estimate of drug-likeness (QED) is 0.832. The van der Waals surface area contributed by atoms with E-state index in [2.05, 4.69) is 5.32 Å². The fourth-order valence-corrected chi connectivity index (χ4v) is 3.40. The van der Waals surface area contributed by atoms with Gasteiger partial charge in [0.15, 0.2) is 5.04 Å². The van der Waals surface area contributed by atoms with Crippen LogP contribution in [-0.4, -0.2) is 46.5 Å². The molecule has 0 bridgehead atoms. The second kappa shape index (κ2) is 5.45. The number of amides is 4. The molecule has 1 aromatic rings. The molecule has 0 spiro atoms. The summed E-state index contributed by atoms with van der Waals surface area (Å²) in [5, 5.41) is 3.29. The molecule has 3 heterocycles. The minimum atomic E-state index is -0.568. The Hall–Kier alpha value is -2.35. The first-order chi connectivity index (χ1) is 10.5. The zero-order valence-corrected chi connectivity index (χ0v) is 12.8. The van der Waals surface area contributed by atoms with Gasteiger partial charge in [-0.25, -0.2) is 4.79 Å². The predicted molar refractivity (Wildman–Crippen MR) is 79.1 cm³/mol. The molecule has 0 saturated carbocycles. The SMILES string of the molecule is CN1C(=O)C2C=C(C(=O)NCc3ccco3)SC2=[N+](C)C1=O. The van der Waals surface area contributed by atoms with E-state index in [0.717, 1.165) is 16.7 Å². The summed E-state index contributed by atoms with van der Waals surface area (Å²) in [4.78, 5) is 37.7. The van der Waals surface area contributed by atoms with Gasteiger partial charge in [-0.05, 0) is 30.0 Å². The first kappa shape index (κ1) is 14.6. The van der Waals surface area contributed by atoms with E-state index in [1.54, 1.807) is 25.3 Å². The fourth-order valence-electron chi connectivity index (χ4n) is 2.30. The molecule has 22 heavy (non-hydrogen) atoms. The van der Waals surface area contributed by atoms with Crippen LogP contribution in [0.3, 0.4) is 0 Å². The Labute approximate surface area is 130 Å². The maximum absolute atomic E-state index is 12.2. The topological polar surface area (TPSA) is 82.6 Å². The third-order valence-electron chi connectivity index (χ3n) is 3.53. The Kier molecular flexibility index (Phi) is 3.61. The lowest BCUT2D eigenvalue weighted by Gasteiger charge is -2.18. The molecule has 8 heteroatoms. The minimum Gasteiger partial charge on any atom is -0.467 e. The van der Waals surface area contributed by atoms with Gasteiger partial charge < -0.3 is 9.73 Å². The number of fused-ring (bicyclic) bond motifs is 1. The number of imide groups is 1. The van der Waals surface area contributed by atoms with Crippen LogP contribution < -0.4 is 5.32 Å². The Morgan fingerprint density at radius 1 is 1.50 bits per heavy atom. The van der Waals surface area contributed by atoms with E-state index in [0.29, 0.717) is 15.7 Å². The highest BCUT2D eigenvalue weighted by Crippen LogP contribution is 2.35. The molecule has 114 valence electrons. The maximum Gasteiger partial charge on any atom is 0.500 e. The molecular formula is C14H14N3O4S+. The van der Waals surface area contributed by atoms with Gasteiger partial charge in [0.05, 0.1) is 31.8 Å². The third kappa shape index (κ3) is 2.35. The zero-order chi connectivity index (χ0) is 15.9. The van der Waals surface area contributed by atoms with Crippen molar-refractivity contribution in [2.75, 3.05) is 14.1 Å². The average Bonchev–Trinajstić information content (AvgIpc) is 3.17. The molecule has 4 amide bonds. The lowest BCUT2D eigenvalue weighted by molar-refractivity contribution is -0.403. The Morgan fingerprint density at radius 2 is 2.27 bits per heavy atom. The van der Waals surface area contributed by atoms with Gasteiger partial charge >= 0.3 is 11.9 Å². The van der Waals surface area contributed by atoms with Crippen LogP contribution >= 0.6 is 11.8 Å². The van der Waals surface area contributed by atoms with Gasteiger partial charge in [-0.1, -0.05) is 0 Å². The molecule has 7 nitrogen and oxygen atoms in total. The molecule has 0 fully saturated rings. The summed E-state index contributed by atoms with van der Waals surface area (Å²) in [6.45, 7) is 0.270. The van der Waals surface area contributed by atoms with E-state index in [4.69, 9.17) is 4.42 Å². The van der Waals surface area contributed by atoms with Gasteiger partial charge in [0, 0.05) is 0 Å². The summed E-state index contributed by atoms with van der Waals surface area (Å²) in [5.74, 6) is -0.536. The summed E-state index contributed by atoms with van der Waals surface area (Å²) in [6, 6.07) is 3.11. The van der Waals surface area contributed by atoms with Crippen molar-refractivity contribution in [2.45, 2.75) is 6.54 Å². The second-order valence-corrected chi connectivity index (χ2v) is 6.01. The van der Waals surface area contributed by atoms with E-state index >= 15 is 0 Å². The number of hydrogen-bond donors (Lipinski definition) is 1. The van der Waals surface area contributed by atoms with Crippen molar-refractivity contribution in [1.82, 2.24) is 10.2 Å². The van der Waals surface area contributed by atoms with Crippen molar-refractivity contribution >= 4 is 34.7 Å². The van der Waals surface area contributed by atoms with Crippen LogP contribution in [0.15, 0.2) is 33.8 Å². The Bertz CT molecular complexity index is 720. The molecule has 1 unspecified atom stereocenters. The number of carbonyl (C=O) groups excluding carboxylic acids is 3. The smallest absolute Gasteiger partial charge is 0.467 e. The lowest BCUT2D eigenvalue weighted by Crippen LogP contribution is -2.49. The molecule has 1 N–H and O–H groups in total. The number of urea groups is 1. The molecule has 2 aliphatic rings. The number of hydrogen-bond acceptors (Lipinski definition) is 5. The largest absolute Gasteiger partial charge is 0.500 e. The molecule has 3 rings (SSSR count). The number of nitrogens with one attached hydrogen (secondary N) is 1. The molecule has 0 radical (unpaired) electrons. The number of thioether (sulfide) groups is 1. The molecule has 1 atom stereocenters. The van der Waals surface area contributed by atoms with Crippen LogP contribution in [0.1, 0.15) is 5.76 Å². The van der Waals surface area contributed by atoms with Gasteiger partial charge in [0.25, 0.3) is 5.91 Å². The highest BCUT2D eigenvalue weighted by atomic mass is 32.2. The van der Waals surface area contributed by atoms with E-state index in [-0.39, 0.29) is 18.4 Å². The summed E-state index contributed by atoms with van der Waals surface area (Å²) in [5.41, 5.74) is 0. The average molecular weight is 320 g/mol. The number of nitrogens with zero attached hydrogens (tertiary/aromatic N) is 2. The summed E-state index contributed by atoms with van der Waals surface area (Å²) in [7, 11) is 3.03. The monoisotopic (exact) mass is 320 g/mol. The van der Waals surface area contributed by atoms with Crippen molar-refractivity contribution in [3.8, 4) is 0 Å². The third-order valence-corrected chi connectivity index (χ3v) is 4.81. The summed E-state index contributed by atoms with van der Waals surface area (Å²) in [6.07, 6.45) is 3.13. The molecule has 0 saturated heterocycles. The summed E-state index contributed by atoms with van der Waals surface area (Å²) >= 11 is 1.15. The standard InChI is InChI=1S/C14H13N3O4S/c1-16-12(19)9-6-10(22-13(9)17(2)14(16)20)11(18)15-7-8-4-3-5-21-8/h3-6,9H,7H2,1-2H3/p+1. The van der Waals surface area contributed by atoms with Crippen LogP contribution in [0.2, 0.25) is 0 Å². The first-order valence-electron chi connectivity index (χ1n) is 6.61. The maximum atomic E-state index is 12.2. The predicted octanol–water partition coefficient (Wildman–Crippen LogP) is 0.775. The highest BCUT2D eigenvalue weighted by Gasteiger charge is 2.48. The van der Waals surface area contributed by atoms with E-state index in [1.165, 1.54) is 17.9 Å². The highest BCUT2D eigenvalue weighted by molar-refractivity contribution is 8.18. The molecule has 0 aromatic carbocycles. The Balaban J connectivity index is 1.76. The normalized spacial score (nSPS) is 21.1. The number of furan rings is 1. The van der Waals surface area contributed by atoms with E-state index in [9.17, 15) is 14.4 Å². The Morgan fingerprint density at radius 3 is 2.95 bits per heavy atom. The van der Waals surface area contributed by atoms with Crippen LogP contribution in [0.4, 0.5) is 4.79 Å². The minimum absolute atomic E-state index is 0.270. The van der Waals surface area contributed by atoms with Crippen molar-refractivity contribution in [3.05, 3.63) is 35.1 Å². The van der Waals surface area contributed by atoms with Crippen molar-refractivity contribution < 1.29 is 23.4 Å². The number of carbonyl (C=O) groups is 3. The van der Waals surface area contributed by atoms with Gasteiger partial charge in [-0.3, -0.25) is 4.79 Å². The molecular weight excluding hydrogens is 306 g/mol. The first-order valence-corrected chi connectivity index (χ1v) is 7.43. The summed E-state index contributed by atoms with van der Waals surface area (Å²) < 4.78 is 6.55. The van der Waals surface area contributed by atoms with Crippen LogP contribution in [-0.2, 0) is 16.1 Å². The van der Waals surface area contributed by atoms with Crippen LogP contribution in [0.25, 0.3) is 0 Å². The van der Waals surface area contributed by atoms with Crippen LogP contribution in [0.5, 0.6) is 0 Å². The second-order valence-electron chi connectivity index (χ2n) is 4.95. The molecule has 0 aliphatic carbocycles. The van der Waals surface area contributed by atoms with Crippen molar-refractivity contribution in [1.29, 1.82) is 0 Å². The van der Waals surface area contributed by atoms with Gasteiger partial charge in [0.2, 0.25) is 0 Å². The molecule has 2 aliphatic heterocycles. The van der Waals surface area contributed by atoms with E-state index in [1.807, 2.05) is 0 Å². The lowest BCUT2D eigenvalue weighted by atomic mass is 10.1. The fraction of sp³-hybridized carbons (Fsp3) is 0.286. The van der Waals surface area contributed by atoms with Crippen molar-refractivity contribution in [2.24, 2.45) is 5.92 Å². The van der Waals surface area contributed by atoms with Crippen LogP contribution in [0, 0.1) is 5.92 Å². The number of rotatable bonds is 3. The van der Waals surface area contributed by atoms with Gasteiger partial charge in [-0.15, -0.1) is 0 Å². The van der Waals surface area contributed by atoms with E-state index < -0.39 is 11.9 Å². The van der Waals surface area contributed by atoms with Crippen molar-refractivity contribution in [3.63, 3.8) is 0 Å². The van der Waals surface area contributed by atoms with Gasteiger partial charge in [-0.2, -0.15) is 14.3 Å². The van der Waals surface area contributed by atoms with Gasteiger partial charge in [0.1, 0.15) is 11.7 Å². The molecule has 1 aromatic heterocycles.